The summed E-state index contributed by atoms with van der Waals surface area (Å²) in [6.45, 7) is 6.04. The molecular formula is C25H35NO2. The molecule has 0 amide bonds. The van der Waals surface area contributed by atoms with Crippen LogP contribution in [0.3, 0.4) is 0 Å². The number of hydrogen-bond donors (Lipinski definition) is 0. The summed E-state index contributed by atoms with van der Waals surface area (Å²) < 4.78 is 11.8. The lowest BCUT2D eigenvalue weighted by atomic mass is 9.88. The summed E-state index contributed by atoms with van der Waals surface area (Å²) in [6, 6.07) is 10.7. The van der Waals surface area contributed by atoms with Gasteiger partial charge in [-0.25, -0.2) is 4.98 Å². The van der Waals surface area contributed by atoms with Crippen molar-refractivity contribution in [1.29, 1.82) is 0 Å². The van der Waals surface area contributed by atoms with Crippen LogP contribution in [0.2, 0.25) is 0 Å². The van der Waals surface area contributed by atoms with Gasteiger partial charge in [0.25, 0.3) is 0 Å². The molecule has 0 atom stereocenters. The SMILES string of the molecule is CCCCCCCOc1ccc2c(n1)CCc1cc(OCCCCC)ccc1-2. The van der Waals surface area contributed by atoms with Crippen LogP contribution in [0.1, 0.15) is 76.5 Å². The molecule has 0 saturated heterocycles. The molecule has 1 aliphatic carbocycles. The highest BCUT2D eigenvalue weighted by atomic mass is 16.5. The first-order valence-corrected chi connectivity index (χ1v) is 11.2. The monoisotopic (exact) mass is 381 g/mol. The van der Waals surface area contributed by atoms with Crippen LogP contribution in [-0.4, -0.2) is 18.2 Å². The Labute approximate surface area is 170 Å². The molecule has 3 nitrogen and oxygen atoms in total. The van der Waals surface area contributed by atoms with E-state index in [4.69, 9.17) is 14.5 Å². The van der Waals surface area contributed by atoms with E-state index in [0.29, 0.717) is 0 Å². The maximum absolute atomic E-state index is 5.92. The van der Waals surface area contributed by atoms with E-state index in [1.54, 1.807) is 0 Å². The van der Waals surface area contributed by atoms with E-state index < -0.39 is 0 Å². The molecule has 1 aromatic carbocycles. The van der Waals surface area contributed by atoms with E-state index in [2.05, 4.69) is 38.1 Å². The fourth-order valence-corrected chi connectivity index (χ4v) is 3.80. The summed E-state index contributed by atoms with van der Waals surface area (Å²) in [5, 5.41) is 0. The Kier molecular flexibility index (Phi) is 8.20. The van der Waals surface area contributed by atoms with Gasteiger partial charge in [-0.1, -0.05) is 58.4 Å². The molecule has 0 N–H and O–H groups in total. The zero-order valence-electron chi connectivity index (χ0n) is 17.6. The quantitative estimate of drug-likeness (QED) is 0.380. The van der Waals surface area contributed by atoms with Crippen LogP contribution >= 0.6 is 0 Å². The Hall–Kier alpha value is -2.03. The average Bonchev–Trinajstić information content (AvgIpc) is 2.73. The predicted octanol–water partition coefficient (Wildman–Crippen LogP) is 6.77. The molecule has 0 radical (unpaired) electrons. The smallest absolute Gasteiger partial charge is 0.213 e. The molecule has 0 spiro atoms. The van der Waals surface area contributed by atoms with Crippen LogP contribution < -0.4 is 9.47 Å². The van der Waals surface area contributed by atoms with Crippen LogP contribution in [0.15, 0.2) is 30.3 Å². The van der Waals surface area contributed by atoms with Gasteiger partial charge in [0.1, 0.15) is 5.75 Å². The topological polar surface area (TPSA) is 31.4 Å². The summed E-state index contributed by atoms with van der Waals surface area (Å²) in [6.07, 6.45) is 11.8. The summed E-state index contributed by atoms with van der Waals surface area (Å²) >= 11 is 0. The Balaban J connectivity index is 1.58. The molecule has 28 heavy (non-hydrogen) atoms. The zero-order chi connectivity index (χ0) is 19.6. The second kappa shape index (κ2) is 11.1. The van der Waals surface area contributed by atoms with E-state index >= 15 is 0 Å². The summed E-state index contributed by atoms with van der Waals surface area (Å²) in [5.74, 6) is 1.77. The molecule has 3 heteroatoms. The Morgan fingerprint density at radius 1 is 0.750 bits per heavy atom. The number of ether oxygens (including phenoxy) is 2. The molecular weight excluding hydrogens is 346 g/mol. The number of hydrogen-bond acceptors (Lipinski definition) is 3. The molecule has 1 aliphatic rings. The van der Waals surface area contributed by atoms with Crippen molar-refractivity contribution in [3.05, 3.63) is 41.6 Å². The largest absolute Gasteiger partial charge is 0.494 e. The third-order valence-corrected chi connectivity index (χ3v) is 5.46. The predicted molar refractivity (Wildman–Crippen MR) is 116 cm³/mol. The molecule has 1 heterocycles. The van der Waals surface area contributed by atoms with E-state index in [-0.39, 0.29) is 0 Å². The third kappa shape index (κ3) is 5.73. The van der Waals surface area contributed by atoms with Gasteiger partial charge in [0.05, 0.1) is 18.9 Å². The highest BCUT2D eigenvalue weighted by Gasteiger charge is 2.18. The fraction of sp³-hybridized carbons (Fsp3) is 0.560. The van der Waals surface area contributed by atoms with Crippen molar-refractivity contribution in [2.75, 3.05) is 13.2 Å². The number of aryl methyl sites for hydroxylation is 2. The maximum atomic E-state index is 5.92. The van der Waals surface area contributed by atoms with E-state index in [1.165, 1.54) is 55.2 Å². The minimum Gasteiger partial charge on any atom is -0.494 e. The van der Waals surface area contributed by atoms with E-state index in [9.17, 15) is 0 Å². The molecule has 0 unspecified atom stereocenters. The number of fused-ring (bicyclic) bond motifs is 3. The molecule has 0 aliphatic heterocycles. The third-order valence-electron chi connectivity index (χ3n) is 5.46. The van der Waals surface area contributed by atoms with Crippen molar-refractivity contribution in [2.45, 2.75) is 78.1 Å². The molecule has 3 rings (SSSR count). The number of pyridine rings is 1. The molecule has 2 aromatic rings. The molecule has 0 saturated carbocycles. The summed E-state index contributed by atoms with van der Waals surface area (Å²) in [7, 11) is 0. The van der Waals surface area contributed by atoms with Crippen molar-refractivity contribution >= 4 is 0 Å². The van der Waals surface area contributed by atoms with Crippen LogP contribution in [-0.2, 0) is 12.8 Å². The van der Waals surface area contributed by atoms with Crippen LogP contribution in [0.5, 0.6) is 11.6 Å². The van der Waals surface area contributed by atoms with E-state index in [0.717, 1.165) is 56.2 Å². The normalized spacial score (nSPS) is 12.4. The van der Waals surface area contributed by atoms with E-state index in [1.807, 2.05) is 6.07 Å². The van der Waals surface area contributed by atoms with Crippen molar-refractivity contribution in [2.24, 2.45) is 0 Å². The van der Waals surface area contributed by atoms with Gasteiger partial charge in [0.15, 0.2) is 0 Å². The van der Waals surface area contributed by atoms with Crippen LogP contribution in [0.4, 0.5) is 0 Å². The number of unbranched alkanes of at least 4 members (excludes halogenated alkanes) is 6. The molecule has 1 aromatic heterocycles. The number of aromatic nitrogens is 1. The van der Waals surface area contributed by atoms with Crippen molar-refractivity contribution in [1.82, 2.24) is 4.98 Å². The molecule has 152 valence electrons. The Morgan fingerprint density at radius 2 is 1.46 bits per heavy atom. The zero-order valence-corrected chi connectivity index (χ0v) is 17.6. The summed E-state index contributed by atoms with van der Waals surface area (Å²) in [5.41, 5.74) is 5.06. The van der Waals surface area contributed by atoms with Gasteiger partial charge >= 0.3 is 0 Å². The Bertz CT molecular complexity index is 741. The second-order valence-corrected chi connectivity index (χ2v) is 7.78. The average molecular weight is 382 g/mol. The second-order valence-electron chi connectivity index (χ2n) is 7.78. The van der Waals surface area contributed by atoms with Crippen molar-refractivity contribution in [3.8, 4) is 22.8 Å². The fourth-order valence-electron chi connectivity index (χ4n) is 3.80. The van der Waals surface area contributed by atoms with Gasteiger partial charge in [0.2, 0.25) is 5.88 Å². The van der Waals surface area contributed by atoms with Gasteiger partial charge in [-0.15, -0.1) is 0 Å². The van der Waals surface area contributed by atoms with Crippen molar-refractivity contribution in [3.63, 3.8) is 0 Å². The van der Waals surface area contributed by atoms with Crippen molar-refractivity contribution < 1.29 is 9.47 Å². The molecule has 0 fully saturated rings. The number of rotatable bonds is 12. The maximum Gasteiger partial charge on any atom is 0.213 e. The minimum absolute atomic E-state index is 0.769. The Morgan fingerprint density at radius 3 is 2.32 bits per heavy atom. The molecule has 0 bridgehead atoms. The lowest BCUT2D eigenvalue weighted by Gasteiger charge is -2.20. The van der Waals surface area contributed by atoms with Gasteiger partial charge in [-0.3, -0.25) is 0 Å². The number of benzene rings is 1. The van der Waals surface area contributed by atoms with Gasteiger partial charge < -0.3 is 9.47 Å². The summed E-state index contributed by atoms with van der Waals surface area (Å²) in [4.78, 5) is 4.79. The standard InChI is InChI=1S/C25H35NO2/c1-3-5-7-8-10-18-28-25-16-14-23-22-13-12-21(27-17-9-6-4-2)19-20(22)11-15-24(23)26-25/h12-14,16,19H,3-11,15,17-18H2,1-2H3. The van der Waals surface area contributed by atoms with Gasteiger partial charge in [0, 0.05) is 11.6 Å². The first kappa shape index (κ1) is 20.7. The van der Waals surface area contributed by atoms with Crippen LogP contribution in [0, 0.1) is 0 Å². The van der Waals surface area contributed by atoms with Gasteiger partial charge in [-0.2, -0.15) is 0 Å². The first-order valence-electron chi connectivity index (χ1n) is 11.2. The number of nitrogens with zero attached hydrogens (tertiary/aromatic N) is 1. The highest BCUT2D eigenvalue weighted by molar-refractivity contribution is 5.73. The lowest BCUT2D eigenvalue weighted by molar-refractivity contribution is 0.292. The van der Waals surface area contributed by atoms with Gasteiger partial charge in [-0.05, 0) is 55.0 Å². The van der Waals surface area contributed by atoms with Crippen LogP contribution in [0.25, 0.3) is 11.1 Å². The highest BCUT2D eigenvalue weighted by Crippen LogP contribution is 2.35. The lowest BCUT2D eigenvalue weighted by Crippen LogP contribution is -2.08. The minimum atomic E-state index is 0.769. The first-order chi connectivity index (χ1) is 13.8.